The fourth-order valence-corrected chi connectivity index (χ4v) is 3.78. The van der Waals surface area contributed by atoms with E-state index in [4.69, 9.17) is 23.2 Å². The molecular formula is C11H4Br2Cl2FNOS. The molecule has 1 amide bonds. The van der Waals surface area contributed by atoms with Gasteiger partial charge in [-0.1, -0.05) is 23.2 Å². The quantitative estimate of drug-likeness (QED) is 0.603. The van der Waals surface area contributed by atoms with E-state index in [1.54, 1.807) is 6.07 Å². The number of rotatable bonds is 2. The maximum Gasteiger partial charge on any atom is 0.265 e. The first-order valence-electron chi connectivity index (χ1n) is 4.79. The van der Waals surface area contributed by atoms with Crippen LogP contribution in [0.5, 0.6) is 0 Å². The predicted molar refractivity (Wildman–Crippen MR) is 84.1 cm³/mol. The Kier molecular flexibility index (Phi) is 4.89. The minimum atomic E-state index is -0.561. The summed E-state index contributed by atoms with van der Waals surface area (Å²) in [7, 11) is 0. The Hall–Kier alpha value is -0.140. The van der Waals surface area contributed by atoms with Crippen molar-refractivity contribution in [2.45, 2.75) is 0 Å². The normalized spacial score (nSPS) is 10.6. The molecule has 1 N–H and O–H groups in total. The number of halogens is 5. The Bertz CT molecular complexity index is 620. The second kappa shape index (κ2) is 6.10. The molecule has 0 saturated heterocycles. The van der Waals surface area contributed by atoms with Crippen LogP contribution in [0.4, 0.5) is 10.1 Å². The van der Waals surface area contributed by atoms with Crippen LogP contribution in [0.25, 0.3) is 0 Å². The summed E-state index contributed by atoms with van der Waals surface area (Å²) in [5.41, 5.74) is 0.190. The van der Waals surface area contributed by atoms with Crippen LogP contribution < -0.4 is 5.32 Å². The molecule has 0 aliphatic heterocycles. The second-order valence-electron chi connectivity index (χ2n) is 3.43. The molecule has 100 valence electrons. The van der Waals surface area contributed by atoms with E-state index in [9.17, 15) is 9.18 Å². The molecule has 2 aromatic rings. The number of thiophene rings is 1. The Labute approximate surface area is 139 Å². The molecule has 0 spiro atoms. The molecule has 0 saturated carbocycles. The van der Waals surface area contributed by atoms with E-state index < -0.39 is 5.82 Å². The summed E-state index contributed by atoms with van der Waals surface area (Å²) < 4.78 is 14.6. The summed E-state index contributed by atoms with van der Waals surface area (Å²) in [5, 5.41) is 2.66. The largest absolute Gasteiger partial charge is 0.319 e. The van der Waals surface area contributed by atoms with E-state index in [-0.39, 0.29) is 21.6 Å². The van der Waals surface area contributed by atoms with E-state index in [0.717, 1.165) is 20.4 Å². The Morgan fingerprint density at radius 2 is 1.79 bits per heavy atom. The Morgan fingerprint density at radius 1 is 1.21 bits per heavy atom. The number of carbonyl (C=O) groups is 1. The summed E-state index contributed by atoms with van der Waals surface area (Å²) in [6.45, 7) is 0. The molecule has 0 atom stereocenters. The number of hydrogen-bond donors (Lipinski definition) is 1. The number of carbonyl (C=O) groups excluding carboxylic acids is 1. The van der Waals surface area contributed by atoms with Gasteiger partial charge >= 0.3 is 0 Å². The molecule has 0 bridgehead atoms. The fourth-order valence-electron chi connectivity index (χ4n) is 1.30. The standard InChI is InChI=1S/C11H4Br2Cl2FNOS/c12-5-3-8(19-10(5)13)11(18)17-9-6(14)1-4(16)2-7(9)15/h1-3H,(H,17,18). The first kappa shape index (κ1) is 15.3. The number of nitrogens with one attached hydrogen (secondary N) is 1. The van der Waals surface area contributed by atoms with Gasteiger partial charge in [0.2, 0.25) is 0 Å². The van der Waals surface area contributed by atoms with Gasteiger partial charge in [0.15, 0.2) is 0 Å². The number of benzene rings is 1. The maximum atomic E-state index is 13.0. The van der Waals surface area contributed by atoms with Gasteiger partial charge in [-0.25, -0.2) is 4.39 Å². The molecule has 19 heavy (non-hydrogen) atoms. The SMILES string of the molecule is O=C(Nc1c(Cl)cc(F)cc1Cl)c1cc(Br)c(Br)s1. The Morgan fingerprint density at radius 3 is 2.26 bits per heavy atom. The lowest BCUT2D eigenvalue weighted by atomic mass is 10.3. The average Bonchev–Trinajstić information content (AvgIpc) is 2.64. The highest BCUT2D eigenvalue weighted by molar-refractivity contribution is 9.13. The fraction of sp³-hybridized carbons (Fsp3) is 0. The second-order valence-corrected chi connectivity index (χ2v) is 7.47. The lowest BCUT2D eigenvalue weighted by Crippen LogP contribution is -2.11. The van der Waals surface area contributed by atoms with E-state index in [1.807, 2.05) is 0 Å². The molecule has 2 nitrogen and oxygen atoms in total. The van der Waals surface area contributed by atoms with Crippen molar-refractivity contribution in [3.05, 3.63) is 47.2 Å². The van der Waals surface area contributed by atoms with Crippen molar-refractivity contribution in [3.8, 4) is 0 Å². The molecule has 8 heteroatoms. The molecule has 0 radical (unpaired) electrons. The highest BCUT2D eigenvalue weighted by atomic mass is 79.9. The molecular weight excluding hydrogens is 444 g/mol. The van der Waals surface area contributed by atoms with E-state index >= 15 is 0 Å². The van der Waals surface area contributed by atoms with Gasteiger partial charge in [0.1, 0.15) is 5.82 Å². The van der Waals surface area contributed by atoms with Gasteiger partial charge in [-0.3, -0.25) is 4.79 Å². The van der Waals surface area contributed by atoms with Crippen molar-refractivity contribution in [2.75, 3.05) is 5.32 Å². The number of anilines is 1. The van der Waals surface area contributed by atoms with Crippen molar-refractivity contribution >= 4 is 78.0 Å². The molecule has 2 rings (SSSR count). The van der Waals surface area contributed by atoms with Crippen LogP contribution in [0, 0.1) is 5.82 Å². The van der Waals surface area contributed by atoms with Crippen LogP contribution in [0.2, 0.25) is 10.0 Å². The molecule has 0 unspecified atom stereocenters. The maximum absolute atomic E-state index is 13.0. The third-order valence-electron chi connectivity index (χ3n) is 2.11. The van der Waals surface area contributed by atoms with Gasteiger partial charge in [-0.2, -0.15) is 0 Å². The van der Waals surface area contributed by atoms with Gasteiger partial charge < -0.3 is 5.32 Å². The van der Waals surface area contributed by atoms with Crippen molar-refractivity contribution in [1.29, 1.82) is 0 Å². The monoisotopic (exact) mass is 445 g/mol. The zero-order valence-corrected chi connectivity index (χ0v) is 14.4. The molecule has 1 aromatic carbocycles. The number of amides is 1. The van der Waals surface area contributed by atoms with Crippen molar-refractivity contribution < 1.29 is 9.18 Å². The van der Waals surface area contributed by atoms with Crippen LogP contribution >= 0.6 is 66.4 Å². The molecule has 1 aromatic heterocycles. The average molecular weight is 448 g/mol. The number of hydrogen-bond acceptors (Lipinski definition) is 2. The van der Waals surface area contributed by atoms with E-state index in [0.29, 0.717) is 4.88 Å². The van der Waals surface area contributed by atoms with Crippen LogP contribution in [0.3, 0.4) is 0 Å². The van der Waals surface area contributed by atoms with Crippen molar-refractivity contribution in [2.24, 2.45) is 0 Å². The van der Waals surface area contributed by atoms with Crippen molar-refractivity contribution in [3.63, 3.8) is 0 Å². The third-order valence-corrected chi connectivity index (χ3v) is 5.97. The van der Waals surface area contributed by atoms with Crippen molar-refractivity contribution in [1.82, 2.24) is 0 Å². The van der Waals surface area contributed by atoms with Crippen LogP contribution in [-0.4, -0.2) is 5.91 Å². The zero-order chi connectivity index (χ0) is 14.2. The Balaban J connectivity index is 2.29. The van der Waals surface area contributed by atoms with Gasteiger partial charge in [-0.15, -0.1) is 11.3 Å². The van der Waals surface area contributed by atoms with Crippen LogP contribution in [-0.2, 0) is 0 Å². The smallest absolute Gasteiger partial charge is 0.265 e. The third kappa shape index (κ3) is 3.49. The predicted octanol–water partition coefficient (Wildman–Crippen LogP) is 5.97. The minimum Gasteiger partial charge on any atom is -0.319 e. The lowest BCUT2D eigenvalue weighted by Gasteiger charge is -2.08. The van der Waals surface area contributed by atoms with E-state index in [2.05, 4.69) is 37.2 Å². The summed E-state index contributed by atoms with van der Waals surface area (Å²) in [6.07, 6.45) is 0. The van der Waals surface area contributed by atoms with Gasteiger partial charge in [0, 0.05) is 4.47 Å². The minimum absolute atomic E-state index is 0.0491. The summed E-state index contributed by atoms with van der Waals surface area (Å²) >= 11 is 19.5. The molecule has 0 aliphatic rings. The summed E-state index contributed by atoms with van der Waals surface area (Å²) in [6, 6.07) is 3.84. The molecule has 0 aliphatic carbocycles. The highest BCUT2D eigenvalue weighted by Crippen LogP contribution is 2.35. The van der Waals surface area contributed by atoms with Crippen LogP contribution in [0.15, 0.2) is 26.5 Å². The highest BCUT2D eigenvalue weighted by Gasteiger charge is 2.16. The summed E-state index contributed by atoms with van der Waals surface area (Å²) in [5.74, 6) is -0.929. The first-order chi connectivity index (χ1) is 8.88. The molecule has 1 heterocycles. The molecule has 0 fully saturated rings. The first-order valence-corrected chi connectivity index (χ1v) is 7.95. The summed E-state index contributed by atoms with van der Waals surface area (Å²) in [4.78, 5) is 12.5. The lowest BCUT2D eigenvalue weighted by molar-refractivity contribution is 0.103. The van der Waals surface area contributed by atoms with E-state index in [1.165, 1.54) is 11.3 Å². The van der Waals surface area contributed by atoms with Gasteiger partial charge in [-0.05, 0) is 50.1 Å². The van der Waals surface area contributed by atoms with Gasteiger partial charge in [0.25, 0.3) is 5.91 Å². The zero-order valence-electron chi connectivity index (χ0n) is 8.94. The topological polar surface area (TPSA) is 29.1 Å². The van der Waals surface area contributed by atoms with Crippen LogP contribution in [0.1, 0.15) is 9.67 Å². The van der Waals surface area contributed by atoms with Gasteiger partial charge in [0.05, 0.1) is 24.4 Å².